The number of imidazole rings is 1. The van der Waals surface area contributed by atoms with Crippen LogP contribution in [0, 0.1) is 12.8 Å². The Balaban J connectivity index is 1.39. The first-order valence-corrected chi connectivity index (χ1v) is 10.8. The maximum absolute atomic E-state index is 5.06. The topological polar surface area (TPSA) is 24.3 Å². The molecule has 146 valence electrons. The van der Waals surface area contributed by atoms with Gasteiger partial charge in [-0.2, -0.15) is 0 Å². The highest BCUT2D eigenvalue weighted by Crippen LogP contribution is 2.31. The molecule has 0 N–H and O–H groups in total. The van der Waals surface area contributed by atoms with E-state index in [9.17, 15) is 0 Å². The van der Waals surface area contributed by atoms with Crippen molar-refractivity contribution in [1.29, 1.82) is 0 Å². The summed E-state index contributed by atoms with van der Waals surface area (Å²) in [5.74, 6) is 1.99. The molecule has 1 aliphatic heterocycles. The van der Waals surface area contributed by atoms with Crippen LogP contribution in [0.2, 0.25) is 0 Å². The molecule has 1 saturated carbocycles. The Morgan fingerprint density at radius 1 is 0.857 bits per heavy atom. The van der Waals surface area contributed by atoms with Crippen molar-refractivity contribution in [2.24, 2.45) is 5.92 Å². The second kappa shape index (κ2) is 7.50. The molecule has 28 heavy (non-hydrogen) atoms. The summed E-state index contributed by atoms with van der Waals surface area (Å²) in [6.07, 6.45) is 5.52. The third kappa shape index (κ3) is 3.25. The average molecular weight is 375 g/mol. The molecule has 2 aliphatic rings. The Hall–Kier alpha value is -2.49. The second-order valence-corrected chi connectivity index (χ2v) is 8.42. The van der Waals surface area contributed by atoms with Crippen LogP contribution in [-0.4, -0.2) is 35.7 Å². The smallest absolute Gasteiger partial charge is 0.206 e. The minimum absolute atomic E-state index is 0.810. The Kier molecular flexibility index (Phi) is 4.71. The Labute approximate surface area is 167 Å². The highest BCUT2D eigenvalue weighted by molar-refractivity contribution is 5.79. The van der Waals surface area contributed by atoms with E-state index >= 15 is 0 Å². The molecule has 0 radical (unpaired) electrons. The first kappa shape index (κ1) is 17.6. The number of nitrogens with zero attached hydrogens (tertiary/aromatic N) is 4. The number of aromatic nitrogens is 2. The highest BCUT2D eigenvalue weighted by Gasteiger charge is 2.25. The monoisotopic (exact) mass is 374 g/mol. The maximum atomic E-state index is 5.06. The van der Waals surface area contributed by atoms with Crippen molar-refractivity contribution in [3.63, 3.8) is 0 Å². The lowest BCUT2D eigenvalue weighted by Gasteiger charge is -2.37. The van der Waals surface area contributed by atoms with Gasteiger partial charge in [-0.3, -0.25) is 0 Å². The van der Waals surface area contributed by atoms with Gasteiger partial charge in [0.2, 0.25) is 5.95 Å². The maximum Gasteiger partial charge on any atom is 0.206 e. The largest absolute Gasteiger partial charge is 0.368 e. The molecular weight excluding hydrogens is 344 g/mol. The van der Waals surface area contributed by atoms with Crippen molar-refractivity contribution in [1.82, 2.24) is 9.55 Å². The molecule has 0 unspecified atom stereocenters. The van der Waals surface area contributed by atoms with E-state index in [4.69, 9.17) is 4.98 Å². The van der Waals surface area contributed by atoms with E-state index in [1.165, 1.54) is 48.4 Å². The highest BCUT2D eigenvalue weighted by atomic mass is 15.4. The van der Waals surface area contributed by atoms with Crippen LogP contribution in [0.4, 0.5) is 11.6 Å². The van der Waals surface area contributed by atoms with Crippen molar-refractivity contribution in [3.8, 4) is 0 Å². The normalized spacial score (nSPS) is 18.3. The summed E-state index contributed by atoms with van der Waals surface area (Å²) in [5.41, 5.74) is 5.17. The molecule has 5 rings (SSSR count). The summed E-state index contributed by atoms with van der Waals surface area (Å²) in [7, 11) is 0. The molecule has 3 aromatic rings. The number of fused-ring (bicyclic) bond motifs is 1. The van der Waals surface area contributed by atoms with Crippen LogP contribution >= 0.6 is 0 Å². The SMILES string of the molecule is Cc1ccccc1N1CCN(c2nc3ccccc3n2CC2CCCC2)CC1. The van der Waals surface area contributed by atoms with E-state index in [2.05, 4.69) is 69.8 Å². The van der Waals surface area contributed by atoms with Gasteiger partial charge >= 0.3 is 0 Å². The van der Waals surface area contributed by atoms with Gasteiger partial charge in [0.25, 0.3) is 0 Å². The van der Waals surface area contributed by atoms with Gasteiger partial charge in [0.15, 0.2) is 0 Å². The first-order valence-electron chi connectivity index (χ1n) is 10.8. The number of anilines is 2. The second-order valence-electron chi connectivity index (χ2n) is 8.42. The zero-order chi connectivity index (χ0) is 18.9. The van der Waals surface area contributed by atoms with Gasteiger partial charge in [0.05, 0.1) is 11.0 Å². The van der Waals surface area contributed by atoms with Gasteiger partial charge in [-0.05, 0) is 49.4 Å². The quantitative estimate of drug-likeness (QED) is 0.652. The number of piperazine rings is 1. The van der Waals surface area contributed by atoms with E-state index in [1.54, 1.807) is 0 Å². The van der Waals surface area contributed by atoms with Gasteiger partial charge in [0, 0.05) is 38.4 Å². The van der Waals surface area contributed by atoms with E-state index in [0.29, 0.717) is 0 Å². The number of hydrogen-bond acceptors (Lipinski definition) is 3. The lowest BCUT2D eigenvalue weighted by Crippen LogP contribution is -2.47. The summed E-state index contributed by atoms with van der Waals surface area (Å²) in [5, 5.41) is 0. The fraction of sp³-hybridized carbons (Fsp3) is 0.458. The van der Waals surface area contributed by atoms with Gasteiger partial charge in [-0.1, -0.05) is 43.2 Å². The summed E-state index contributed by atoms with van der Waals surface area (Å²) < 4.78 is 2.51. The van der Waals surface area contributed by atoms with E-state index in [1.807, 2.05) is 0 Å². The van der Waals surface area contributed by atoms with Crippen LogP contribution in [0.15, 0.2) is 48.5 Å². The summed E-state index contributed by atoms with van der Waals surface area (Å²) >= 11 is 0. The van der Waals surface area contributed by atoms with E-state index < -0.39 is 0 Å². The average Bonchev–Trinajstić information content (AvgIpc) is 3.37. The summed E-state index contributed by atoms with van der Waals surface area (Å²) in [6, 6.07) is 17.4. The third-order valence-corrected chi connectivity index (χ3v) is 6.57. The lowest BCUT2D eigenvalue weighted by atomic mass is 10.1. The Morgan fingerprint density at radius 3 is 2.32 bits per heavy atom. The molecule has 1 aromatic heterocycles. The molecule has 4 nitrogen and oxygen atoms in total. The minimum Gasteiger partial charge on any atom is -0.368 e. The molecule has 1 saturated heterocycles. The summed E-state index contributed by atoms with van der Waals surface area (Å²) in [6.45, 7) is 7.50. The molecule has 2 aromatic carbocycles. The van der Waals surface area contributed by atoms with Gasteiger partial charge in [0.1, 0.15) is 0 Å². The van der Waals surface area contributed by atoms with Crippen molar-refractivity contribution < 1.29 is 0 Å². The molecule has 0 atom stereocenters. The van der Waals surface area contributed by atoms with Crippen molar-refractivity contribution in [2.75, 3.05) is 36.0 Å². The fourth-order valence-corrected chi connectivity index (χ4v) is 5.00. The number of aryl methyl sites for hydroxylation is 1. The standard InChI is InChI=1S/C24H30N4/c1-19-8-2-6-12-22(19)26-14-16-27(17-15-26)24-25-21-11-5-7-13-23(21)28(24)18-20-9-3-4-10-20/h2,5-8,11-13,20H,3-4,9-10,14-18H2,1H3. The van der Waals surface area contributed by atoms with E-state index in [0.717, 1.165) is 44.2 Å². The van der Waals surface area contributed by atoms with Crippen LogP contribution in [0.3, 0.4) is 0 Å². The molecule has 2 heterocycles. The van der Waals surface area contributed by atoms with Gasteiger partial charge in [-0.25, -0.2) is 4.98 Å². The summed E-state index contributed by atoms with van der Waals surface area (Å²) in [4.78, 5) is 10.1. The molecule has 0 bridgehead atoms. The Morgan fingerprint density at radius 2 is 1.54 bits per heavy atom. The minimum atomic E-state index is 0.810. The van der Waals surface area contributed by atoms with Crippen LogP contribution in [0.5, 0.6) is 0 Å². The number of benzene rings is 2. The van der Waals surface area contributed by atoms with Crippen LogP contribution in [0.25, 0.3) is 11.0 Å². The molecule has 0 amide bonds. The first-order chi connectivity index (χ1) is 13.8. The van der Waals surface area contributed by atoms with Crippen molar-refractivity contribution >= 4 is 22.7 Å². The molecule has 1 aliphatic carbocycles. The zero-order valence-corrected chi connectivity index (χ0v) is 16.8. The molecular formula is C24H30N4. The van der Waals surface area contributed by atoms with Gasteiger partial charge in [-0.15, -0.1) is 0 Å². The van der Waals surface area contributed by atoms with Crippen molar-refractivity contribution in [2.45, 2.75) is 39.2 Å². The predicted octanol–water partition coefficient (Wildman–Crippen LogP) is 4.86. The fourth-order valence-electron chi connectivity index (χ4n) is 5.00. The van der Waals surface area contributed by atoms with Crippen LogP contribution < -0.4 is 9.80 Å². The number of rotatable bonds is 4. The molecule has 2 fully saturated rings. The predicted molar refractivity (Wildman–Crippen MR) is 117 cm³/mol. The third-order valence-electron chi connectivity index (χ3n) is 6.57. The Bertz CT molecular complexity index is 946. The van der Waals surface area contributed by atoms with Crippen LogP contribution in [0.1, 0.15) is 31.2 Å². The number of para-hydroxylation sites is 3. The zero-order valence-electron chi connectivity index (χ0n) is 16.8. The van der Waals surface area contributed by atoms with Crippen LogP contribution in [-0.2, 0) is 6.54 Å². The lowest BCUT2D eigenvalue weighted by molar-refractivity contribution is 0.460. The van der Waals surface area contributed by atoms with Gasteiger partial charge < -0.3 is 14.4 Å². The molecule has 4 heteroatoms. The van der Waals surface area contributed by atoms with E-state index in [-0.39, 0.29) is 0 Å². The number of hydrogen-bond donors (Lipinski definition) is 0. The van der Waals surface area contributed by atoms with Crippen molar-refractivity contribution in [3.05, 3.63) is 54.1 Å². The molecule has 0 spiro atoms.